The summed E-state index contributed by atoms with van der Waals surface area (Å²) in [4.78, 5) is 4.90. The molecular formula is C23H20ClN3. The molecule has 1 heterocycles. The topological polar surface area (TPSA) is 36.4 Å². The molecule has 1 aliphatic rings. The van der Waals surface area contributed by atoms with E-state index < -0.39 is 0 Å². The number of nitrogens with one attached hydrogen (secondary N) is 2. The fourth-order valence-corrected chi connectivity index (χ4v) is 3.50. The van der Waals surface area contributed by atoms with Gasteiger partial charge >= 0.3 is 0 Å². The van der Waals surface area contributed by atoms with Crippen molar-refractivity contribution < 1.29 is 0 Å². The van der Waals surface area contributed by atoms with Gasteiger partial charge in [-0.1, -0.05) is 72.8 Å². The molecule has 3 aromatic carbocycles. The van der Waals surface area contributed by atoms with Crippen LogP contribution in [0.15, 0.2) is 84.4 Å². The van der Waals surface area contributed by atoms with Crippen molar-refractivity contribution in [3.8, 4) is 0 Å². The molecule has 3 aromatic rings. The van der Waals surface area contributed by atoms with Crippen LogP contribution in [-0.4, -0.2) is 5.84 Å². The lowest BCUT2D eigenvalue weighted by molar-refractivity contribution is 0.820. The lowest BCUT2D eigenvalue weighted by Crippen LogP contribution is -2.29. The molecule has 0 spiro atoms. The van der Waals surface area contributed by atoms with Crippen LogP contribution in [0.3, 0.4) is 0 Å². The Labute approximate surface area is 164 Å². The van der Waals surface area contributed by atoms with Crippen LogP contribution in [0.4, 0.5) is 5.69 Å². The van der Waals surface area contributed by atoms with Crippen LogP contribution in [0, 0.1) is 6.92 Å². The molecule has 0 aromatic heterocycles. The van der Waals surface area contributed by atoms with Gasteiger partial charge in [0.25, 0.3) is 0 Å². The molecule has 1 aliphatic heterocycles. The minimum atomic E-state index is -0.263. The second-order valence-electron chi connectivity index (χ2n) is 6.51. The second-order valence-corrected chi connectivity index (χ2v) is 6.92. The number of amidine groups is 1. The van der Waals surface area contributed by atoms with Crippen molar-refractivity contribution in [1.82, 2.24) is 5.32 Å². The number of nitrogens with zero attached hydrogens (tertiary/aromatic N) is 1. The Hall–Kier alpha value is -3.04. The van der Waals surface area contributed by atoms with Crippen LogP contribution in [-0.2, 0) is 0 Å². The number of para-hydroxylation sites is 1. The van der Waals surface area contributed by atoms with Crippen molar-refractivity contribution in [3.63, 3.8) is 0 Å². The Bertz CT molecular complexity index is 1040. The molecule has 27 heavy (non-hydrogen) atoms. The SMILES string of the molecule is C=C(NC1=NC(c2ccccc2Cl)Nc2ccccc21)c1ccccc1C. The number of fused-ring (bicyclic) bond motifs is 1. The van der Waals surface area contributed by atoms with Crippen LogP contribution in [0.2, 0.25) is 5.02 Å². The van der Waals surface area contributed by atoms with Gasteiger partial charge in [0.2, 0.25) is 0 Å². The van der Waals surface area contributed by atoms with E-state index in [1.165, 1.54) is 5.56 Å². The van der Waals surface area contributed by atoms with Crippen LogP contribution in [0.25, 0.3) is 5.70 Å². The molecule has 0 aliphatic carbocycles. The van der Waals surface area contributed by atoms with E-state index in [-0.39, 0.29) is 6.17 Å². The highest BCUT2D eigenvalue weighted by Gasteiger charge is 2.23. The molecule has 3 nitrogen and oxygen atoms in total. The van der Waals surface area contributed by atoms with E-state index in [0.29, 0.717) is 5.02 Å². The first kappa shape index (κ1) is 17.4. The maximum atomic E-state index is 6.41. The summed E-state index contributed by atoms with van der Waals surface area (Å²) in [6.07, 6.45) is -0.263. The molecule has 0 saturated heterocycles. The van der Waals surface area contributed by atoms with Crippen molar-refractivity contribution in [3.05, 3.63) is 107 Å². The molecular weight excluding hydrogens is 354 g/mol. The molecule has 1 unspecified atom stereocenters. The highest BCUT2D eigenvalue weighted by molar-refractivity contribution is 6.31. The summed E-state index contributed by atoms with van der Waals surface area (Å²) < 4.78 is 0. The van der Waals surface area contributed by atoms with Gasteiger partial charge in [0.1, 0.15) is 12.0 Å². The number of anilines is 1. The van der Waals surface area contributed by atoms with E-state index in [0.717, 1.165) is 33.9 Å². The first-order valence-electron chi connectivity index (χ1n) is 8.83. The van der Waals surface area contributed by atoms with Crippen molar-refractivity contribution >= 4 is 28.8 Å². The predicted molar refractivity (Wildman–Crippen MR) is 114 cm³/mol. The standard InChI is InChI=1S/C23H20ClN3/c1-15-9-3-4-10-17(15)16(2)25-23-19-12-6-8-14-21(19)26-22(27-23)18-11-5-7-13-20(18)24/h3-14,22,26H,2H2,1H3,(H,25,27). The third-order valence-electron chi connectivity index (χ3n) is 4.67. The average molecular weight is 374 g/mol. The zero-order chi connectivity index (χ0) is 18.8. The highest BCUT2D eigenvalue weighted by atomic mass is 35.5. The summed E-state index contributed by atoms with van der Waals surface area (Å²) in [5, 5.41) is 7.58. The smallest absolute Gasteiger partial charge is 0.148 e. The van der Waals surface area contributed by atoms with Crippen molar-refractivity contribution in [1.29, 1.82) is 0 Å². The first-order valence-corrected chi connectivity index (χ1v) is 9.21. The monoisotopic (exact) mass is 373 g/mol. The van der Waals surface area contributed by atoms with Crippen LogP contribution in [0.1, 0.15) is 28.4 Å². The normalized spacial score (nSPS) is 15.3. The van der Waals surface area contributed by atoms with Gasteiger partial charge in [-0.3, -0.25) is 0 Å². The summed E-state index contributed by atoms with van der Waals surface area (Å²) in [6, 6.07) is 24.0. The maximum Gasteiger partial charge on any atom is 0.148 e. The number of benzene rings is 3. The molecule has 134 valence electrons. The zero-order valence-electron chi connectivity index (χ0n) is 15.0. The summed E-state index contributed by atoms with van der Waals surface area (Å²) in [7, 11) is 0. The molecule has 0 radical (unpaired) electrons. The fraction of sp³-hybridized carbons (Fsp3) is 0.0870. The Morgan fingerprint density at radius 1 is 1.00 bits per heavy atom. The number of hydrogen-bond acceptors (Lipinski definition) is 3. The summed E-state index contributed by atoms with van der Waals surface area (Å²) in [6.45, 7) is 6.31. The van der Waals surface area contributed by atoms with Gasteiger partial charge in [0.05, 0.1) is 0 Å². The summed E-state index contributed by atoms with van der Waals surface area (Å²) in [5.74, 6) is 0.780. The Morgan fingerprint density at radius 2 is 1.70 bits per heavy atom. The molecule has 4 rings (SSSR count). The van der Waals surface area contributed by atoms with Gasteiger partial charge < -0.3 is 10.6 Å². The second kappa shape index (κ2) is 7.29. The third kappa shape index (κ3) is 3.46. The van der Waals surface area contributed by atoms with Crippen molar-refractivity contribution in [2.75, 3.05) is 5.32 Å². The van der Waals surface area contributed by atoms with Gasteiger partial charge in [0, 0.05) is 33.1 Å². The molecule has 2 N–H and O–H groups in total. The molecule has 0 amide bonds. The lowest BCUT2D eigenvalue weighted by Gasteiger charge is -2.27. The lowest BCUT2D eigenvalue weighted by atomic mass is 10.0. The number of aryl methyl sites for hydroxylation is 1. The van der Waals surface area contributed by atoms with Gasteiger partial charge in [-0.25, -0.2) is 4.99 Å². The van der Waals surface area contributed by atoms with Gasteiger partial charge in [-0.05, 0) is 30.7 Å². The van der Waals surface area contributed by atoms with Crippen LogP contribution < -0.4 is 10.6 Å². The number of rotatable bonds is 3. The van der Waals surface area contributed by atoms with Crippen molar-refractivity contribution in [2.45, 2.75) is 13.1 Å². The maximum absolute atomic E-state index is 6.41. The molecule has 0 bridgehead atoms. The van der Waals surface area contributed by atoms with Crippen LogP contribution in [0.5, 0.6) is 0 Å². The Balaban J connectivity index is 1.73. The molecule has 4 heteroatoms. The quantitative estimate of drug-likeness (QED) is 0.610. The Morgan fingerprint density at radius 3 is 2.52 bits per heavy atom. The molecule has 0 saturated carbocycles. The van der Waals surface area contributed by atoms with Gasteiger partial charge in [-0.15, -0.1) is 0 Å². The zero-order valence-corrected chi connectivity index (χ0v) is 15.8. The molecule has 1 atom stereocenters. The summed E-state index contributed by atoms with van der Waals surface area (Å²) in [5.41, 5.74) is 6.02. The average Bonchev–Trinajstić information content (AvgIpc) is 2.68. The van der Waals surface area contributed by atoms with Gasteiger partial charge in [0.15, 0.2) is 0 Å². The fourth-order valence-electron chi connectivity index (χ4n) is 3.26. The third-order valence-corrected chi connectivity index (χ3v) is 5.02. The highest BCUT2D eigenvalue weighted by Crippen LogP contribution is 2.33. The van der Waals surface area contributed by atoms with Crippen molar-refractivity contribution in [2.24, 2.45) is 4.99 Å². The minimum Gasteiger partial charge on any atom is -0.359 e. The van der Waals surface area contributed by atoms with Crippen LogP contribution >= 0.6 is 11.6 Å². The summed E-state index contributed by atoms with van der Waals surface area (Å²) >= 11 is 6.41. The van der Waals surface area contributed by atoms with E-state index in [2.05, 4.69) is 36.3 Å². The number of hydrogen-bond donors (Lipinski definition) is 2. The van der Waals surface area contributed by atoms with Gasteiger partial charge in [-0.2, -0.15) is 0 Å². The Kier molecular flexibility index (Phi) is 4.69. The van der Waals surface area contributed by atoms with E-state index in [9.17, 15) is 0 Å². The first-order chi connectivity index (χ1) is 13.1. The largest absolute Gasteiger partial charge is 0.359 e. The van der Waals surface area contributed by atoms with E-state index >= 15 is 0 Å². The van der Waals surface area contributed by atoms with E-state index in [4.69, 9.17) is 16.6 Å². The van der Waals surface area contributed by atoms with E-state index in [1.54, 1.807) is 0 Å². The van der Waals surface area contributed by atoms with E-state index in [1.807, 2.05) is 60.7 Å². The number of aliphatic imine (C=N–C) groups is 1. The number of halogens is 1. The predicted octanol–water partition coefficient (Wildman–Crippen LogP) is 5.78. The minimum absolute atomic E-state index is 0.263. The molecule has 0 fully saturated rings.